The molecule has 1 aliphatic carbocycles. The van der Waals surface area contributed by atoms with Crippen LogP contribution in [0, 0.1) is 0 Å². The van der Waals surface area contributed by atoms with E-state index in [-0.39, 0.29) is 6.10 Å². The number of rotatable bonds is 7. The van der Waals surface area contributed by atoms with E-state index in [2.05, 4.69) is 29.2 Å². The molecule has 0 amide bonds. The first kappa shape index (κ1) is 14.5. The molecule has 2 rings (SSSR count). The zero-order chi connectivity index (χ0) is 13.5. The van der Waals surface area contributed by atoms with Gasteiger partial charge in [-0.25, -0.2) is 0 Å². The topological polar surface area (TPSA) is 39.1 Å². The van der Waals surface area contributed by atoms with Crippen molar-refractivity contribution in [1.29, 1.82) is 0 Å². The van der Waals surface area contributed by atoms with E-state index in [4.69, 9.17) is 9.84 Å². The SMILES string of the molecule is CCOC(C)CNCc1ccn(C2CCCCC2)n1. The van der Waals surface area contributed by atoms with Crippen LogP contribution in [0.25, 0.3) is 0 Å². The Morgan fingerprint density at radius 3 is 2.95 bits per heavy atom. The number of nitrogens with one attached hydrogen (secondary N) is 1. The van der Waals surface area contributed by atoms with Gasteiger partial charge in [-0.3, -0.25) is 4.68 Å². The first-order valence-electron chi connectivity index (χ1n) is 7.66. The second-order valence-electron chi connectivity index (χ2n) is 5.48. The summed E-state index contributed by atoms with van der Waals surface area (Å²) in [7, 11) is 0. The molecule has 1 aliphatic rings. The van der Waals surface area contributed by atoms with Crippen LogP contribution in [-0.4, -0.2) is 29.0 Å². The Balaban J connectivity index is 1.74. The molecule has 19 heavy (non-hydrogen) atoms. The maximum absolute atomic E-state index is 5.49. The lowest BCUT2D eigenvalue weighted by Crippen LogP contribution is -2.26. The second-order valence-corrected chi connectivity index (χ2v) is 5.48. The van der Waals surface area contributed by atoms with Crippen molar-refractivity contribution in [3.05, 3.63) is 18.0 Å². The van der Waals surface area contributed by atoms with E-state index < -0.39 is 0 Å². The standard InChI is InChI=1S/C15H27N3O/c1-3-19-13(2)11-16-12-14-9-10-18(17-14)15-7-5-4-6-8-15/h9-10,13,15-16H,3-8,11-12H2,1-2H3. The van der Waals surface area contributed by atoms with Crippen LogP contribution < -0.4 is 5.32 Å². The van der Waals surface area contributed by atoms with E-state index in [1.807, 2.05) is 6.92 Å². The Bertz CT molecular complexity index is 358. The quantitative estimate of drug-likeness (QED) is 0.824. The molecule has 1 atom stereocenters. The number of nitrogens with zero attached hydrogens (tertiary/aromatic N) is 2. The van der Waals surface area contributed by atoms with Gasteiger partial charge in [0, 0.05) is 25.9 Å². The van der Waals surface area contributed by atoms with Crippen LogP contribution in [0.2, 0.25) is 0 Å². The minimum Gasteiger partial charge on any atom is -0.377 e. The molecule has 108 valence electrons. The second kappa shape index (κ2) is 7.65. The molecule has 1 unspecified atom stereocenters. The summed E-state index contributed by atoms with van der Waals surface area (Å²) in [5.41, 5.74) is 1.13. The highest BCUT2D eigenvalue weighted by Gasteiger charge is 2.15. The molecule has 1 fully saturated rings. The summed E-state index contributed by atoms with van der Waals surface area (Å²) in [4.78, 5) is 0. The van der Waals surface area contributed by atoms with Gasteiger partial charge in [-0.1, -0.05) is 19.3 Å². The van der Waals surface area contributed by atoms with E-state index in [1.165, 1.54) is 32.1 Å². The average molecular weight is 265 g/mol. The van der Waals surface area contributed by atoms with Crippen LogP contribution in [0.1, 0.15) is 57.7 Å². The minimum atomic E-state index is 0.269. The number of aromatic nitrogens is 2. The lowest BCUT2D eigenvalue weighted by atomic mass is 9.96. The van der Waals surface area contributed by atoms with Gasteiger partial charge in [0.2, 0.25) is 0 Å². The van der Waals surface area contributed by atoms with Crippen LogP contribution in [0.5, 0.6) is 0 Å². The van der Waals surface area contributed by atoms with E-state index >= 15 is 0 Å². The molecular weight excluding hydrogens is 238 g/mol. The Kier molecular flexibility index (Phi) is 5.86. The molecule has 0 saturated heterocycles. The third-order valence-electron chi connectivity index (χ3n) is 3.80. The lowest BCUT2D eigenvalue weighted by molar-refractivity contribution is 0.0758. The van der Waals surface area contributed by atoms with E-state index in [9.17, 15) is 0 Å². The van der Waals surface area contributed by atoms with Crippen LogP contribution >= 0.6 is 0 Å². The summed E-state index contributed by atoms with van der Waals surface area (Å²) in [6, 6.07) is 2.76. The highest BCUT2D eigenvalue weighted by Crippen LogP contribution is 2.27. The molecule has 4 heteroatoms. The smallest absolute Gasteiger partial charge is 0.0762 e. The van der Waals surface area contributed by atoms with Crippen molar-refractivity contribution < 1.29 is 4.74 Å². The summed E-state index contributed by atoms with van der Waals surface area (Å²) < 4.78 is 7.66. The van der Waals surface area contributed by atoms with Crippen molar-refractivity contribution in [3.8, 4) is 0 Å². The molecule has 0 aromatic carbocycles. The lowest BCUT2D eigenvalue weighted by Gasteiger charge is -2.21. The van der Waals surface area contributed by atoms with Gasteiger partial charge in [0.15, 0.2) is 0 Å². The molecule has 1 saturated carbocycles. The third-order valence-corrected chi connectivity index (χ3v) is 3.80. The maximum atomic E-state index is 5.49. The summed E-state index contributed by atoms with van der Waals surface area (Å²) in [5, 5.41) is 8.09. The zero-order valence-electron chi connectivity index (χ0n) is 12.3. The Labute approximate surface area is 116 Å². The molecule has 0 spiro atoms. The van der Waals surface area contributed by atoms with E-state index in [1.54, 1.807) is 0 Å². The first-order chi connectivity index (χ1) is 9.29. The molecule has 1 N–H and O–H groups in total. The van der Waals surface area contributed by atoms with Crippen molar-refractivity contribution in [2.75, 3.05) is 13.2 Å². The van der Waals surface area contributed by atoms with Crippen molar-refractivity contribution in [2.45, 2.75) is 64.6 Å². The molecule has 0 bridgehead atoms. The third kappa shape index (κ3) is 4.62. The average Bonchev–Trinajstić information content (AvgIpc) is 2.89. The fourth-order valence-electron chi connectivity index (χ4n) is 2.77. The molecular formula is C15H27N3O. The maximum Gasteiger partial charge on any atom is 0.0762 e. The number of hydrogen-bond acceptors (Lipinski definition) is 3. The fraction of sp³-hybridized carbons (Fsp3) is 0.800. The summed E-state index contributed by atoms with van der Waals surface area (Å²) >= 11 is 0. The Morgan fingerprint density at radius 1 is 1.42 bits per heavy atom. The number of ether oxygens (including phenoxy) is 1. The number of hydrogen-bond donors (Lipinski definition) is 1. The Hall–Kier alpha value is -0.870. The normalized spacial score (nSPS) is 18.6. The molecule has 1 aromatic rings. The van der Waals surface area contributed by atoms with Crippen LogP contribution in [0.3, 0.4) is 0 Å². The predicted octanol–water partition coefficient (Wildman–Crippen LogP) is 2.90. The van der Waals surface area contributed by atoms with Gasteiger partial charge in [-0.15, -0.1) is 0 Å². The molecule has 0 aliphatic heterocycles. The van der Waals surface area contributed by atoms with Gasteiger partial charge < -0.3 is 10.1 Å². The first-order valence-corrected chi connectivity index (χ1v) is 7.66. The predicted molar refractivity (Wildman–Crippen MR) is 77.1 cm³/mol. The molecule has 4 nitrogen and oxygen atoms in total. The monoisotopic (exact) mass is 265 g/mol. The zero-order valence-corrected chi connectivity index (χ0v) is 12.3. The van der Waals surface area contributed by atoms with Gasteiger partial charge in [-0.05, 0) is 32.8 Å². The fourth-order valence-corrected chi connectivity index (χ4v) is 2.77. The Morgan fingerprint density at radius 2 is 2.21 bits per heavy atom. The van der Waals surface area contributed by atoms with Crippen molar-refractivity contribution in [2.24, 2.45) is 0 Å². The summed E-state index contributed by atoms with van der Waals surface area (Å²) in [5.74, 6) is 0. The van der Waals surface area contributed by atoms with Gasteiger partial charge in [0.25, 0.3) is 0 Å². The van der Waals surface area contributed by atoms with Crippen LogP contribution in [0.15, 0.2) is 12.3 Å². The van der Waals surface area contributed by atoms with E-state index in [0.29, 0.717) is 6.04 Å². The largest absolute Gasteiger partial charge is 0.377 e. The van der Waals surface area contributed by atoms with Crippen LogP contribution in [-0.2, 0) is 11.3 Å². The molecule has 0 radical (unpaired) electrons. The van der Waals surface area contributed by atoms with Gasteiger partial charge in [0.1, 0.15) is 0 Å². The highest BCUT2D eigenvalue weighted by molar-refractivity contribution is 4.99. The van der Waals surface area contributed by atoms with Crippen LogP contribution in [0.4, 0.5) is 0 Å². The van der Waals surface area contributed by atoms with Crippen molar-refractivity contribution in [3.63, 3.8) is 0 Å². The van der Waals surface area contributed by atoms with Gasteiger partial charge in [0.05, 0.1) is 17.8 Å². The minimum absolute atomic E-state index is 0.269. The van der Waals surface area contributed by atoms with Crippen molar-refractivity contribution in [1.82, 2.24) is 15.1 Å². The molecule has 1 aromatic heterocycles. The molecule has 1 heterocycles. The van der Waals surface area contributed by atoms with Crippen molar-refractivity contribution >= 4 is 0 Å². The van der Waals surface area contributed by atoms with E-state index in [0.717, 1.165) is 25.4 Å². The van der Waals surface area contributed by atoms with Gasteiger partial charge in [-0.2, -0.15) is 5.10 Å². The highest BCUT2D eigenvalue weighted by atomic mass is 16.5. The summed E-state index contributed by atoms with van der Waals surface area (Å²) in [6.07, 6.45) is 9.07. The van der Waals surface area contributed by atoms with Gasteiger partial charge >= 0.3 is 0 Å². The summed E-state index contributed by atoms with van der Waals surface area (Å²) in [6.45, 7) is 6.61.